The van der Waals surface area contributed by atoms with Gasteiger partial charge in [-0.1, -0.05) is 11.6 Å². The lowest BCUT2D eigenvalue weighted by molar-refractivity contribution is -0.138. The van der Waals surface area contributed by atoms with Gasteiger partial charge in [-0.3, -0.25) is 9.78 Å². The topological polar surface area (TPSA) is 30.0 Å². The number of rotatable bonds is 2. The Hall–Kier alpha value is -1.24. The van der Waals surface area contributed by atoms with Crippen LogP contribution < -0.4 is 0 Å². The third-order valence-corrected chi connectivity index (χ3v) is 2.11. The summed E-state index contributed by atoms with van der Waals surface area (Å²) in [6.45, 7) is 0. The summed E-state index contributed by atoms with van der Waals surface area (Å²) in [5.41, 5.74) is -3.71. The summed E-state index contributed by atoms with van der Waals surface area (Å²) in [6, 6.07) is 0. The number of pyridine rings is 1. The average Bonchev–Trinajstić information content (AvgIpc) is 2.14. The second-order valence-electron chi connectivity index (χ2n) is 2.70. The van der Waals surface area contributed by atoms with Crippen molar-refractivity contribution in [2.24, 2.45) is 0 Å². The molecule has 0 aliphatic rings. The minimum absolute atomic E-state index is 0.191. The second kappa shape index (κ2) is 4.32. The van der Waals surface area contributed by atoms with Gasteiger partial charge in [0.05, 0.1) is 10.6 Å². The highest BCUT2D eigenvalue weighted by Gasteiger charge is 2.38. The van der Waals surface area contributed by atoms with E-state index in [4.69, 9.17) is 11.6 Å². The van der Waals surface area contributed by atoms with Crippen LogP contribution in [0.15, 0.2) is 6.20 Å². The highest BCUT2D eigenvalue weighted by Crippen LogP contribution is 2.39. The molecule has 0 saturated carbocycles. The number of aldehydes is 1. The van der Waals surface area contributed by atoms with Crippen LogP contribution in [0, 0.1) is 0 Å². The summed E-state index contributed by atoms with van der Waals surface area (Å²) in [4.78, 5) is 13.3. The van der Waals surface area contributed by atoms with Gasteiger partial charge >= 0.3 is 6.18 Å². The normalized spacial score (nSPS) is 11.9. The van der Waals surface area contributed by atoms with E-state index < -0.39 is 34.4 Å². The molecule has 0 spiro atoms. The van der Waals surface area contributed by atoms with Crippen LogP contribution in [0.1, 0.15) is 28.0 Å². The maximum absolute atomic E-state index is 12.4. The molecule has 0 atom stereocenters. The van der Waals surface area contributed by atoms with Gasteiger partial charge in [-0.15, -0.1) is 0 Å². The summed E-state index contributed by atoms with van der Waals surface area (Å²) in [5.74, 6) is 0. The fourth-order valence-corrected chi connectivity index (χ4v) is 1.36. The molecular weight excluding hydrogens is 257 g/mol. The van der Waals surface area contributed by atoms with Gasteiger partial charge in [-0.25, -0.2) is 8.78 Å². The van der Waals surface area contributed by atoms with E-state index >= 15 is 0 Å². The highest BCUT2D eigenvalue weighted by atomic mass is 35.5. The van der Waals surface area contributed by atoms with E-state index in [2.05, 4.69) is 4.98 Å². The zero-order valence-electron chi connectivity index (χ0n) is 7.36. The van der Waals surface area contributed by atoms with Crippen LogP contribution in [0.25, 0.3) is 0 Å². The number of aromatic nitrogens is 1. The molecule has 0 fully saturated rings. The molecule has 0 bridgehead atoms. The molecule has 0 saturated heterocycles. The van der Waals surface area contributed by atoms with Gasteiger partial charge < -0.3 is 0 Å². The van der Waals surface area contributed by atoms with E-state index in [1.165, 1.54) is 0 Å². The molecular formula is C8H3ClF5NO. The third-order valence-electron chi connectivity index (χ3n) is 1.70. The maximum Gasteiger partial charge on any atom is 0.420 e. The van der Waals surface area contributed by atoms with Gasteiger partial charge in [0, 0.05) is 6.20 Å². The predicted molar refractivity (Wildman–Crippen MR) is 44.6 cm³/mol. The number of nitrogens with zero attached hydrogens (tertiary/aromatic N) is 1. The lowest BCUT2D eigenvalue weighted by atomic mass is 10.1. The van der Waals surface area contributed by atoms with Crippen molar-refractivity contribution >= 4 is 17.9 Å². The molecule has 1 heterocycles. The molecule has 0 radical (unpaired) electrons. The van der Waals surface area contributed by atoms with Crippen molar-refractivity contribution < 1.29 is 26.7 Å². The Labute approximate surface area is 91.0 Å². The third kappa shape index (κ3) is 2.29. The number of alkyl halides is 5. The fraction of sp³-hybridized carbons (Fsp3) is 0.250. The summed E-state index contributed by atoms with van der Waals surface area (Å²) in [7, 11) is 0. The quantitative estimate of drug-likeness (QED) is 0.601. The van der Waals surface area contributed by atoms with E-state index in [9.17, 15) is 26.7 Å². The van der Waals surface area contributed by atoms with Crippen molar-refractivity contribution in [3.63, 3.8) is 0 Å². The molecule has 0 amide bonds. The van der Waals surface area contributed by atoms with Crippen molar-refractivity contribution in [1.29, 1.82) is 0 Å². The number of halogens is 6. The van der Waals surface area contributed by atoms with Crippen molar-refractivity contribution in [2.45, 2.75) is 12.6 Å². The second-order valence-corrected chi connectivity index (χ2v) is 3.08. The number of hydrogen-bond donors (Lipinski definition) is 0. The van der Waals surface area contributed by atoms with Gasteiger partial charge in [0.2, 0.25) is 0 Å². The van der Waals surface area contributed by atoms with E-state index in [0.29, 0.717) is 6.20 Å². The van der Waals surface area contributed by atoms with Gasteiger partial charge in [0.1, 0.15) is 11.3 Å². The first kappa shape index (κ1) is 12.8. The summed E-state index contributed by atoms with van der Waals surface area (Å²) < 4.78 is 61.7. The lowest BCUT2D eigenvalue weighted by Crippen LogP contribution is -2.13. The van der Waals surface area contributed by atoms with Crippen LogP contribution in [-0.2, 0) is 6.18 Å². The highest BCUT2D eigenvalue weighted by molar-refractivity contribution is 6.32. The van der Waals surface area contributed by atoms with Crippen LogP contribution in [0.2, 0.25) is 5.02 Å². The molecule has 0 aliphatic carbocycles. The first-order valence-corrected chi connectivity index (χ1v) is 4.15. The summed E-state index contributed by atoms with van der Waals surface area (Å²) in [6.07, 6.45) is -7.94. The van der Waals surface area contributed by atoms with Crippen LogP contribution in [0.3, 0.4) is 0 Å². The minimum atomic E-state index is -5.01. The van der Waals surface area contributed by atoms with Crippen molar-refractivity contribution in [3.05, 3.63) is 28.0 Å². The van der Waals surface area contributed by atoms with Crippen molar-refractivity contribution in [3.8, 4) is 0 Å². The molecule has 1 aromatic rings. The van der Waals surface area contributed by atoms with Gasteiger partial charge in [0.25, 0.3) is 6.43 Å². The van der Waals surface area contributed by atoms with E-state index in [-0.39, 0.29) is 6.29 Å². The smallest absolute Gasteiger partial charge is 0.296 e. The first-order valence-electron chi connectivity index (χ1n) is 3.78. The van der Waals surface area contributed by atoms with E-state index in [0.717, 1.165) is 0 Å². The zero-order valence-corrected chi connectivity index (χ0v) is 8.11. The average molecular weight is 260 g/mol. The lowest BCUT2D eigenvalue weighted by Gasteiger charge is -2.13. The summed E-state index contributed by atoms with van der Waals surface area (Å²) in [5, 5.41) is -1.19. The molecule has 2 nitrogen and oxygen atoms in total. The molecule has 0 aromatic carbocycles. The van der Waals surface area contributed by atoms with Crippen molar-refractivity contribution in [1.82, 2.24) is 4.98 Å². The van der Waals surface area contributed by atoms with Gasteiger partial charge in [0.15, 0.2) is 6.29 Å². The molecule has 1 aromatic heterocycles. The first-order chi connectivity index (χ1) is 7.29. The number of hydrogen-bond acceptors (Lipinski definition) is 2. The molecule has 88 valence electrons. The summed E-state index contributed by atoms with van der Waals surface area (Å²) >= 11 is 5.17. The molecule has 8 heteroatoms. The fourth-order valence-electron chi connectivity index (χ4n) is 1.03. The monoisotopic (exact) mass is 259 g/mol. The Morgan fingerprint density at radius 2 is 1.94 bits per heavy atom. The maximum atomic E-state index is 12.4. The van der Waals surface area contributed by atoms with Crippen LogP contribution in [0.5, 0.6) is 0 Å². The standard InChI is InChI=1S/C8H3ClF5NO/c9-6-3(7(10)11)1-15-4(2-16)5(6)8(12,13)14/h1-2,7H. The van der Waals surface area contributed by atoms with Crippen LogP contribution in [-0.4, -0.2) is 11.3 Å². The largest absolute Gasteiger partial charge is 0.420 e. The van der Waals surface area contributed by atoms with E-state index in [1.807, 2.05) is 0 Å². The molecule has 1 rings (SSSR count). The van der Waals surface area contributed by atoms with Gasteiger partial charge in [-0.2, -0.15) is 13.2 Å². The SMILES string of the molecule is O=Cc1ncc(C(F)F)c(Cl)c1C(F)(F)F. The predicted octanol–water partition coefficient (Wildman–Crippen LogP) is 3.50. The molecule has 16 heavy (non-hydrogen) atoms. The Morgan fingerprint density at radius 1 is 1.38 bits per heavy atom. The van der Waals surface area contributed by atoms with Crippen LogP contribution in [0.4, 0.5) is 22.0 Å². The Balaban J connectivity index is 3.53. The molecule has 0 unspecified atom stereocenters. The van der Waals surface area contributed by atoms with Crippen LogP contribution >= 0.6 is 11.6 Å². The Bertz CT molecular complexity index is 418. The Morgan fingerprint density at radius 3 is 2.31 bits per heavy atom. The number of carbonyl (C=O) groups excluding carboxylic acids is 1. The molecule has 0 aliphatic heterocycles. The number of carbonyl (C=O) groups is 1. The minimum Gasteiger partial charge on any atom is -0.296 e. The van der Waals surface area contributed by atoms with Crippen molar-refractivity contribution in [2.75, 3.05) is 0 Å². The van der Waals surface area contributed by atoms with E-state index in [1.54, 1.807) is 0 Å². The van der Waals surface area contributed by atoms with Gasteiger partial charge in [-0.05, 0) is 0 Å². The zero-order chi connectivity index (χ0) is 12.5. The Kier molecular flexibility index (Phi) is 3.47. The molecule has 0 N–H and O–H groups in total.